The van der Waals surface area contributed by atoms with Crippen molar-refractivity contribution in [3.8, 4) is 0 Å². The van der Waals surface area contributed by atoms with E-state index >= 15 is 0 Å². The molecule has 0 fully saturated rings. The summed E-state index contributed by atoms with van der Waals surface area (Å²) in [6, 6.07) is 0. The third-order valence-electron chi connectivity index (χ3n) is 0.850. The van der Waals surface area contributed by atoms with Crippen molar-refractivity contribution in [1.82, 2.24) is 14.9 Å². The molecule has 0 aliphatic rings. The van der Waals surface area contributed by atoms with Gasteiger partial charge in [-0.3, -0.25) is 0 Å². The molecule has 1 rings (SSSR count). The fourth-order valence-corrected chi connectivity index (χ4v) is 0.412. The van der Waals surface area contributed by atoms with Crippen LogP contribution in [0.15, 0.2) is 5.11 Å². The second kappa shape index (κ2) is 4.61. The Balaban J connectivity index is 0.000001000. The molecule has 1 aromatic rings. The van der Waals surface area contributed by atoms with Crippen LogP contribution in [0.2, 0.25) is 0 Å². The van der Waals surface area contributed by atoms with Crippen LogP contribution in [0.1, 0.15) is 0 Å². The van der Waals surface area contributed by atoms with E-state index < -0.39 is 0 Å². The van der Waals surface area contributed by atoms with E-state index in [2.05, 4.69) is 15.3 Å². The van der Waals surface area contributed by atoms with Crippen LogP contribution >= 0.6 is 0 Å². The fourth-order valence-electron chi connectivity index (χ4n) is 0.412. The fraction of sp³-hybridized carbons (Fsp3) is 0. The van der Waals surface area contributed by atoms with E-state index in [4.69, 9.17) is 11.6 Å². The first-order chi connectivity index (χ1) is 4.75. The van der Waals surface area contributed by atoms with Crippen LogP contribution in [-0.4, -0.2) is 14.9 Å². The molecule has 1 aromatic heterocycles. The number of nitrogen functional groups attached to an aromatic ring is 2. The van der Waals surface area contributed by atoms with Crippen LogP contribution < -0.4 is 68.2 Å². The summed E-state index contributed by atoms with van der Waals surface area (Å²) in [5.74, 6) is 5.11. The summed E-state index contributed by atoms with van der Waals surface area (Å²) in [6.45, 7) is 0. The third kappa shape index (κ3) is 2.38. The van der Waals surface area contributed by atoms with Crippen LogP contribution in [0.5, 0.6) is 0 Å². The van der Waals surface area contributed by atoms with E-state index in [1.807, 2.05) is 0 Å². The first-order valence-electron chi connectivity index (χ1n) is 2.29. The largest absolute Gasteiger partial charge is 1.00 e. The molecule has 11 heavy (non-hydrogen) atoms. The Kier molecular flexibility index (Phi) is 4.52. The molecule has 0 saturated heterocycles. The molecule has 1 heterocycles. The first-order valence-corrected chi connectivity index (χ1v) is 2.29. The smallest absolute Gasteiger partial charge is 0.601 e. The molecule has 0 aliphatic heterocycles. The van der Waals surface area contributed by atoms with Crippen molar-refractivity contribution in [2.75, 3.05) is 11.6 Å². The van der Waals surface area contributed by atoms with E-state index in [1.165, 1.54) is 5.28 Å². The monoisotopic (exact) mass is 182 g/mol. The van der Waals surface area contributed by atoms with Gasteiger partial charge in [-0.2, -0.15) is 4.68 Å². The summed E-state index contributed by atoms with van der Waals surface area (Å²) in [7, 11) is 0. The van der Waals surface area contributed by atoms with Crippen molar-refractivity contribution < 1.29 is 56.7 Å². The maximum Gasteiger partial charge on any atom is 1.00 e. The van der Waals surface area contributed by atoms with Gasteiger partial charge in [0.1, 0.15) is 0 Å². The summed E-state index contributed by atoms with van der Waals surface area (Å²) >= 11 is 0. The van der Waals surface area contributed by atoms with Crippen molar-refractivity contribution in [3.63, 3.8) is 0 Å². The maximum absolute atomic E-state index is 9.67. The Bertz CT molecular complexity index is 255. The third-order valence-corrected chi connectivity index (χ3v) is 0.850. The Labute approximate surface area is 104 Å². The number of aromatic nitrogens is 3. The Morgan fingerprint density at radius 1 is 1.55 bits per heavy atom. The van der Waals surface area contributed by atoms with Crippen molar-refractivity contribution in [2.24, 2.45) is 5.11 Å². The van der Waals surface area contributed by atoms with Crippen LogP contribution in [0.25, 0.3) is 0 Å². The Hall–Kier alpha value is -0.224. The summed E-state index contributed by atoms with van der Waals surface area (Å²) in [4.78, 5) is 0. The van der Waals surface area contributed by atoms with Crippen LogP contribution in [-0.2, 0) is 0 Å². The zero-order chi connectivity index (χ0) is 7.56. The first kappa shape index (κ1) is 10.8. The zero-order valence-corrected chi connectivity index (χ0v) is 8.97. The number of nitrogens with one attached hydrogen (secondary N) is 1. The number of nitrogens with zero attached hydrogens (tertiary/aromatic N) is 4. The van der Waals surface area contributed by atoms with Gasteiger partial charge in [0.05, 0.1) is 0 Å². The average molecular weight is 182 g/mol. The molecular formula is C2H5KN7O+. The quantitative estimate of drug-likeness (QED) is 0.172. The maximum atomic E-state index is 9.67. The van der Waals surface area contributed by atoms with Crippen LogP contribution in [0, 0.1) is 5.21 Å². The predicted octanol–water partition coefficient (Wildman–Crippen LogP) is -5.76. The normalized spacial score (nSPS) is 9.82. The van der Waals surface area contributed by atoms with Gasteiger partial charge in [-0.25, -0.2) is 0 Å². The molecule has 0 aromatic carbocycles. The summed E-state index contributed by atoms with van der Waals surface area (Å²) in [6.07, 6.45) is 0. The molecule has 5 N–H and O–H groups in total. The van der Waals surface area contributed by atoms with Crippen molar-refractivity contribution in [2.45, 2.75) is 0 Å². The average Bonchev–Trinajstić information content (AvgIpc) is 2.20. The van der Waals surface area contributed by atoms with E-state index in [9.17, 15) is 5.21 Å². The molecule has 0 radical (unpaired) electrons. The van der Waals surface area contributed by atoms with E-state index in [0.29, 0.717) is 0 Å². The number of hydrogen-bond donors (Lipinski definition) is 3. The van der Waals surface area contributed by atoms with Gasteiger partial charge >= 0.3 is 57.3 Å². The number of rotatable bonds is 1. The standard InChI is InChI=1S/C2H5N7O.K/c3-1-5-6-2(7-8-10)9(1)4;/h8H,(H4-,3,4,5,6,7,10);/q;+1. The molecule has 0 unspecified atom stereocenters. The predicted molar refractivity (Wildman–Crippen MR) is 31.0 cm³/mol. The second-order valence-electron chi connectivity index (χ2n) is 1.43. The summed E-state index contributed by atoms with van der Waals surface area (Å²) in [5.41, 5.74) is 5.15. The molecule has 8 nitrogen and oxygen atoms in total. The van der Waals surface area contributed by atoms with E-state index in [-0.39, 0.29) is 63.3 Å². The Morgan fingerprint density at radius 3 is 2.55 bits per heavy atom. The number of nitrogens with two attached hydrogens (primary N) is 2. The molecule has 0 spiro atoms. The summed E-state index contributed by atoms with van der Waals surface area (Å²) in [5, 5.41) is 20.7. The molecule has 0 atom stereocenters. The minimum absolute atomic E-state index is 0. The Morgan fingerprint density at radius 2 is 2.18 bits per heavy atom. The molecule has 0 amide bonds. The number of anilines is 1. The van der Waals surface area contributed by atoms with Crippen molar-refractivity contribution in [1.29, 1.82) is 0 Å². The van der Waals surface area contributed by atoms with Gasteiger partial charge in [0.15, 0.2) is 0 Å². The van der Waals surface area contributed by atoms with Crippen molar-refractivity contribution >= 4 is 11.9 Å². The van der Waals surface area contributed by atoms with Crippen molar-refractivity contribution in [3.05, 3.63) is 5.21 Å². The van der Waals surface area contributed by atoms with Gasteiger partial charge in [-0.15, -0.1) is 10.4 Å². The minimum Gasteiger partial charge on any atom is -0.601 e. The number of hydrogen-bond acceptors (Lipinski definition) is 6. The minimum atomic E-state index is -0.0625. The van der Waals surface area contributed by atoms with Gasteiger partial charge in [-0.1, -0.05) is 5.10 Å². The molecule has 0 aliphatic carbocycles. The van der Waals surface area contributed by atoms with Gasteiger partial charge in [-0.05, 0) is 0 Å². The second-order valence-corrected chi connectivity index (χ2v) is 1.43. The molecule has 0 saturated carbocycles. The van der Waals surface area contributed by atoms with Crippen LogP contribution in [0.4, 0.5) is 11.9 Å². The summed E-state index contributed by atoms with van der Waals surface area (Å²) < 4.78 is 0.880. The molecule has 54 valence electrons. The van der Waals surface area contributed by atoms with Gasteiger partial charge in [0.25, 0.3) is 0 Å². The zero-order valence-electron chi connectivity index (χ0n) is 5.85. The molecular weight excluding hydrogens is 177 g/mol. The van der Waals surface area contributed by atoms with E-state index in [0.717, 1.165) is 4.68 Å². The topological polar surface area (TPSA) is 132 Å². The van der Waals surface area contributed by atoms with Gasteiger partial charge < -0.3 is 16.8 Å². The van der Waals surface area contributed by atoms with Gasteiger partial charge in [0.2, 0.25) is 5.95 Å². The van der Waals surface area contributed by atoms with E-state index in [1.54, 1.807) is 0 Å². The molecule has 0 bridgehead atoms. The van der Waals surface area contributed by atoms with Crippen LogP contribution in [0.3, 0.4) is 0 Å². The van der Waals surface area contributed by atoms with Gasteiger partial charge in [0, 0.05) is 5.11 Å². The molecule has 9 heteroatoms. The SMILES string of the molecule is Nc1nnc(N=[NH+][O-])n1N.[K+].